The van der Waals surface area contributed by atoms with Crippen LogP contribution >= 0.6 is 11.6 Å². The van der Waals surface area contributed by atoms with Crippen LogP contribution < -0.4 is 0 Å². The van der Waals surface area contributed by atoms with Crippen LogP contribution in [0.2, 0.25) is 0 Å². The molecule has 0 aliphatic carbocycles. The molecule has 5 rings (SSSR count). The first-order valence-corrected chi connectivity index (χ1v) is 9.98. The monoisotopic (exact) mass is 358 g/mol. The first kappa shape index (κ1) is 17.1. The molecule has 0 aromatic heterocycles. The zero-order chi connectivity index (χ0) is 17.9. The quantitative estimate of drug-likeness (QED) is 0.132. The lowest BCUT2D eigenvalue weighted by Gasteiger charge is -2.13. The summed E-state index contributed by atoms with van der Waals surface area (Å²) >= 11 is 5.38. The second-order valence-corrected chi connectivity index (χ2v) is 7.19. The van der Waals surface area contributed by atoms with E-state index in [0.29, 0.717) is 0 Å². The fourth-order valence-corrected chi connectivity index (χ4v) is 4.11. The van der Waals surface area contributed by atoms with Crippen molar-refractivity contribution in [2.75, 3.05) is 5.88 Å². The molecule has 0 saturated carbocycles. The molecule has 0 aliphatic rings. The van der Waals surface area contributed by atoms with Crippen molar-refractivity contribution in [1.82, 2.24) is 0 Å². The van der Waals surface area contributed by atoms with E-state index in [2.05, 4.69) is 79.7 Å². The lowest BCUT2D eigenvalue weighted by molar-refractivity contribution is 0.776. The maximum Gasteiger partial charge on any atom is 0.0223 e. The van der Waals surface area contributed by atoms with Crippen LogP contribution in [0.15, 0.2) is 72.8 Å². The lowest BCUT2D eigenvalue weighted by Crippen LogP contribution is -1.85. The van der Waals surface area contributed by atoms with Gasteiger partial charge in [-0.2, -0.15) is 0 Å². The summed E-state index contributed by atoms with van der Waals surface area (Å²) in [5.74, 6) is 0.827. The van der Waals surface area contributed by atoms with Gasteiger partial charge in [0.05, 0.1) is 0 Å². The molecule has 0 atom stereocenters. The van der Waals surface area contributed by atoms with E-state index in [1.165, 1.54) is 62.4 Å². The smallest absolute Gasteiger partial charge is 0.0223 e. The van der Waals surface area contributed by atoms with Crippen molar-refractivity contribution in [2.45, 2.75) is 26.2 Å². The second kappa shape index (κ2) is 7.51. The predicted molar refractivity (Wildman–Crippen MR) is 118 cm³/mol. The van der Waals surface area contributed by atoms with E-state index in [4.69, 9.17) is 11.6 Å². The van der Waals surface area contributed by atoms with Crippen LogP contribution in [0.3, 0.4) is 0 Å². The van der Waals surface area contributed by atoms with Crippen LogP contribution in [0.5, 0.6) is 0 Å². The molecule has 5 aromatic rings. The van der Waals surface area contributed by atoms with Crippen molar-refractivity contribution in [3.8, 4) is 0 Å². The Hall–Kier alpha value is -2.31. The first-order valence-electron chi connectivity index (χ1n) is 9.45. The molecule has 0 saturated heterocycles. The lowest BCUT2D eigenvalue weighted by atomic mass is 9.90. The largest absolute Gasteiger partial charge is 0.127 e. The Morgan fingerprint density at radius 3 is 1.23 bits per heavy atom. The summed E-state index contributed by atoms with van der Waals surface area (Å²) in [5, 5.41) is 10.9. The summed E-state index contributed by atoms with van der Waals surface area (Å²) in [5.41, 5.74) is 0. The maximum absolute atomic E-state index is 5.38. The van der Waals surface area contributed by atoms with Gasteiger partial charge in [0, 0.05) is 5.88 Å². The van der Waals surface area contributed by atoms with Gasteiger partial charge in [0.2, 0.25) is 0 Å². The fourth-order valence-electron chi connectivity index (χ4n) is 3.92. The summed E-state index contributed by atoms with van der Waals surface area (Å²) in [6, 6.07) is 26.4. The number of halogens is 1. The van der Waals surface area contributed by atoms with Gasteiger partial charge in [0.25, 0.3) is 0 Å². The van der Waals surface area contributed by atoms with Crippen molar-refractivity contribution < 1.29 is 0 Å². The van der Waals surface area contributed by atoms with Crippen LogP contribution in [-0.2, 0) is 0 Å². The highest BCUT2D eigenvalue weighted by Crippen LogP contribution is 2.39. The van der Waals surface area contributed by atoms with E-state index in [9.17, 15) is 0 Å². The molecular formula is C25H23Cl. The molecule has 0 bridgehead atoms. The third-order valence-corrected chi connectivity index (χ3v) is 5.39. The van der Waals surface area contributed by atoms with Crippen LogP contribution in [0, 0.1) is 0 Å². The second-order valence-electron chi connectivity index (χ2n) is 6.81. The number of hydrogen-bond donors (Lipinski definition) is 0. The molecule has 0 N–H and O–H groups in total. The van der Waals surface area contributed by atoms with E-state index in [-0.39, 0.29) is 0 Å². The molecular weight excluding hydrogens is 336 g/mol. The van der Waals surface area contributed by atoms with Crippen molar-refractivity contribution in [3.63, 3.8) is 0 Å². The highest BCUT2D eigenvalue weighted by atomic mass is 35.5. The van der Waals surface area contributed by atoms with E-state index < -0.39 is 0 Å². The number of alkyl halides is 1. The standard InChI is InChI=1S/C20H12.C5H11Cl/c1-5-13-6-2-11-17-18-12-4-8-14-7-3-10-16(20(14)18)15(9-1)19(13)17;1-2-3-4-5-6/h1-12H;2-5H2,1H3. The van der Waals surface area contributed by atoms with Gasteiger partial charge in [-0.25, -0.2) is 0 Å². The Morgan fingerprint density at radius 1 is 0.577 bits per heavy atom. The van der Waals surface area contributed by atoms with Gasteiger partial charge in [-0.15, -0.1) is 11.6 Å². The molecule has 1 heteroatoms. The van der Waals surface area contributed by atoms with Crippen LogP contribution in [0.25, 0.3) is 43.1 Å². The highest BCUT2D eigenvalue weighted by molar-refractivity contribution is 6.32. The Kier molecular flexibility index (Phi) is 4.95. The molecule has 130 valence electrons. The molecule has 0 fully saturated rings. The summed E-state index contributed by atoms with van der Waals surface area (Å²) in [6.07, 6.45) is 3.73. The molecule has 0 aliphatic heterocycles. The molecule has 0 amide bonds. The third-order valence-electron chi connectivity index (χ3n) is 5.13. The van der Waals surface area contributed by atoms with Gasteiger partial charge in [0.1, 0.15) is 0 Å². The zero-order valence-corrected chi connectivity index (χ0v) is 15.9. The van der Waals surface area contributed by atoms with E-state index in [0.717, 1.165) is 5.88 Å². The number of unbranched alkanes of at least 4 members (excludes halogenated alkanes) is 2. The third kappa shape index (κ3) is 2.89. The van der Waals surface area contributed by atoms with Gasteiger partial charge in [-0.3, -0.25) is 0 Å². The van der Waals surface area contributed by atoms with Crippen molar-refractivity contribution in [1.29, 1.82) is 0 Å². The van der Waals surface area contributed by atoms with Crippen LogP contribution in [0.4, 0.5) is 0 Å². The van der Waals surface area contributed by atoms with Crippen molar-refractivity contribution in [3.05, 3.63) is 72.8 Å². The summed E-state index contributed by atoms with van der Waals surface area (Å²) in [6.45, 7) is 2.17. The zero-order valence-electron chi connectivity index (χ0n) is 15.1. The Labute approximate surface area is 159 Å². The molecule has 0 spiro atoms. The normalized spacial score (nSPS) is 11.3. The summed E-state index contributed by atoms with van der Waals surface area (Å²) in [4.78, 5) is 0. The summed E-state index contributed by atoms with van der Waals surface area (Å²) in [7, 11) is 0. The number of rotatable bonds is 3. The molecule has 0 heterocycles. The average molecular weight is 359 g/mol. The first-order chi connectivity index (χ1) is 12.8. The highest BCUT2D eigenvalue weighted by Gasteiger charge is 2.11. The summed E-state index contributed by atoms with van der Waals surface area (Å²) < 4.78 is 0. The van der Waals surface area contributed by atoms with Gasteiger partial charge < -0.3 is 0 Å². The van der Waals surface area contributed by atoms with Crippen molar-refractivity contribution >= 4 is 54.7 Å². The minimum absolute atomic E-state index is 0.827. The SMILES string of the molecule is CCCCCCl.c1cc2cccc3c4cccc5cccc(c(c1)c23)c54. The van der Waals surface area contributed by atoms with Crippen LogP contribution in [-0.4, -0.2) is 5.88 Å². The molecule has 5 aromatic carbocycles. The van der Waals surface area contributed by atoms with Gasteiger partial charge in [-0.05, 0) is 49.5 Å². The van der Waals surface area contributed by atoms with Crippen molar-refractivity contribution in [2.24, 2.45) is 0 Å². The number of benzene rings is 5. The van der Waals surface area contributed by atoms with Crippen LogP contribution in [0.1, 0.15) is 26.2 Å². The molecule has 26 heavy (non-hydrogen) atoms. The molecule has 0 unspecified atom stereocenters. The van der Waals surface area contributed by atoms with Gasteiger partial charge >= 0.3 is 0 Å². The van der Waals surface area contributed by atoms with Gasteiger partial charge in [0.15, 0.2) is 0 Å². The topological polar surface area (TPSA) is 0 Å². The van der Waals surface area contributed by atoms with E-state index in [1.807, 2.05) is 0 Å². The predicted octanol–water partition coefficient (Wildman–Crippen LogP) is 8.15. The minimum Gasteiger partial charge on any atom is -0.127 e. The Bertz CT molecular complexity index is 983. The Balaban J connectivity index is 0.000000246. The average Bonchev–Trinajstić information content (AvgIpc) is 2.70. The maximum atomic E-state index is 5.38. The van der Waals surface area contributed by atoms with E-state index >= 15 is 0 Å². The number of hydrogen-bond acceptors (Lipinski definition) is 0. The van der Waals surface area contributed by atoms with Gasteiger partial charge in [-0.1, -0.05) is 92.6 Å². The fraction of sp³-hybridized carbons (Fsp3) is 0.200. The minimum atomic E-state index is 0.827. The molecule has 0 radical (unpaired) electrons. The molecule has 0 nitrogen and oxygen atoms in total. The Morgan fingerprint density at radius 2 is 0.962 bits per heavy atom. The number of fused-ring (bicyclic) bond motifs is 2. The van der Waals surface area contributed by atoms with E-state index in [1.54, 1.807) is 0 Å².